The van der Waals surface area contributed by atoms with E-state index in [-0.39, 0.29) is 0 Å². The molecule has 0 saturated carbocycles. The first-order chi connectivity index (χ1) is 11.5. The van der Waals surface area contributed by atoms with Gasteiger partial charge in [0, 0.05) is 14.7 Å². The molecule has 120 valence electrons. The van der Waals surface area contributed by atoms with Gasteiger partial charge in [-0.25, -0.2) is 0 Å². The number of halogens is 1. The predicted octanol–water partition coefficient (Wildman–Crippen LogP) is 7.72. The molecule has 24 heavy (non-hydrogen) atoms. The lowest BCUT2D eigenvalue weighted by molar-refractivity contribution is 1.39. The highest BCUT2D eigenvalue weighted by Gasteiger charge is 2.18. The van der Waals surface area contributed by atoms with E-state index in [1.165, 1.54) is 58.0 Å². The molecule has 0 unspecified atom stereocenters. The minimum Gasteiger partial charge on any atom is -0.139 e. The van der Waals surface area contributed by atoms with Crippen LogP contribution in [0.25, 0.3) is 32.0 Å². The number of hydrogen-bond donors (Lipinski definition) is 0. The van der Waals surface area contributed by atoms with Gasteiger partial charge in [-0.05, 0) is 71.1 Å². The highest BCUT2D eigenvalue weighted by atomic mass is 79.9. The molecular formula is C22H19BrS. The van der Waals surface area contributed by atoms with Gasteiger partial charge < -0.3 is 0 Å². The summed E-state index contributed by atoms with van der Waals surface area (Å²) >= 11 is 5.77. The minimum atomic E-state index is 1.22. The Balaban J connectivity index is 2.29. The third-order valence-corrected chi connectivity index (χ3v) is 7.09. The van der Waals surface area contributed by atoms with Crippen molar-refractivity contribution in [2.75, 3.05) is 0 Å². The van der Waals surface area contributed by atoms with Crippen molar-refractivity contribution in [3.05, 3.63) is 68.5 Å². The standard InChI is InChI=1S/C22H19BrS/c1-12-9-13(2)11-16(10-12)20-17-7-5-6-8-18(17)21(23)22-19(20)14(3)15(4)24-22/h5-11H,1-4H3. The normalized spacial score (nSPS) is 11.5. The number of hydrogen-bond acceptors (Lipinski definition) is 1. The number of rotatable bonds is 1. The van der Waals surface area contributed by atoms with E-state index >= 15 is 0 Å². The van der Waals surface area contributed by atoms with Crippen LogP contribution in [0.15, 0.2) is 46.9 Å². The molecule has 0 N–H and O–H groups in total. The molecule has 3 aromatic carbocycles. The van der Waals surface area contributed by atoms with E-state index in [1.807, 2.05) is 11.3 Å². The fourth-order valence-corrected chi connectivity index (χ4v) is 5.56. The molecule has 0 radical (unpaired) electrons. The molecule has 0 saturated heterocycles. The Morgan fingerprint density at radius 2 is 1.46 bits per heavy atom. The molecule has 0 amide bonds. The monoisotopic (exact) mass is 394 g/mol. The Morgan fingerprint density at radius 1 is 0.833 bits per heavy atom. The number of aryl methyl sites for hydroxylation is 4. The van der Waals surface area contributed by atoms with E-state index in [2.05, 4.69) is 86.1 Å². The van der Waals surface area contributed by atoms with Crippen LogP contribution in [0.4, 0.5) is 0 Å². The first-order valence-electron chi connectivity index (χ1n) is 8.16. The van der Waals surface area contributed by atoms with E-state index in [9.17, 15) is 0 Å². The van der Waals surface area contributed by atoms with Gasteiger partial charge in [0.1, 0.15) is 0 Å². The summed E-state index contributed by atoms with van der Waals surface area (Å²) in [4.78, 5) is 1.40. The third kappa shape index (κ3) is 2.32. The molecule has 4 aromatic rings. The summed E-state index contributed by atoms with van der Waals surface area (Å²) in [5.74, 6) is 0. The van der Waals surface area contributed by atoms with Crippen LogP contribution in [0.3, 0.4) is 0 Å². The summed E-state index contributed by atoms with van der Waals surface area (Å²) < 4.78 is 2.58. The highest BCUT2D eigenvalue weighted by Crippen LogP contribution is 2.47. The highest BCUT2D eigenvalue weighted by molar-refractivity contribution is 9.11. The van der Waals surface area contributed by atoms with Crippen molar-refractivity contribution < 1.29 is 0 Å². The van der Waals surface area contributed by atoms with Crippen LogP contribution < -0.4 is 0 Å². The van der Waals surface area contributed by atoms with Crippen molar-refractivity contribution in [1.82, 2.24) is 0 Å². The van der Waals surface area contributed by atoms with Gasteiger partial charge in [-0.1, -0.05) is 53.6 Å². The van der Waals surface area contributed by atoms with Gasteiger partial charge in [0.15, 0.2) is 0 Å². The molecule has 0 nitrogen and oxygen atoms in total. The Labute approximate surface area is 155 Å². The Morgan fingerprint density at radius 3 is 2.12 bits per heavy atom. The second-order valence-corrected chi connectivity index (χ2v) is 8.62. The summed E-state index contributed by atoms with van der Waals surface area (Å²) in [6.45, 7) is 8.84. The summed E-state index contributed by atoms with van der Waals surface area (Å²) in [6, 6.07) is 15.6. The van der Waals surface area contributed by atoms with E-state index in [0.717, 1.165) is 0 Å². The van der Waals surface area contributed by atoms with Crippen molar-refractivity contribution in [3.8, 4) is 11.1 Å². The van der Waals surface area contributed by atoms with Crippen LogP contribution in [0.2, 0.25) is 0 Å². The third-order valence-electron chi connectivity index (χ3n) is 4.78. The summed E-state index contributed by atoms with van der Waals surface area (Å²) in [7, 11) is 0. The maximum atomic E-state index is 3.88. The maximum Gasteiger partial charge on any atom is 0.0503 e. The van der Waals surface area contributed by atoms with E-state index in [1.54, 1.807) is 0 Å². The van der Waals surface area contributed by atoms with Crippen LogP contribution in [-0.4, -0.2) is 0 Å². The number of benzene rings is 3. The van der Waals surface area contributed by atoms with Crippen LogP contribution in [0.5, 0.6) is 0 Å². The fraction of sp³-hybridized carbons (Fsp3) is 0.182. The minimum absolute atomic E-state index is 1.22. The van der Waals surface area contributed by atoms with Gasteiger partial charge in [-0.15, -0.1) is 11.3 Å². The second kappa shape index (κ2) is 5.72. The largest absolute Gasteiger partial charge is 0.139 e. The lowest BCUT2D eigenvalue weighted by Crippen LogP contribution is -1.88. The molecule has 1 heterocycles. The Bertz CT molecular complexity index is 1080. The zero-order chi connectivity index (χ0) is 17.0. The molecule has 1 aromatic heterocycles. The lowest BCUT2D eigenvalue weighted by Gasteiger charge is -2.14. The molecule has 4 rings (SSSR count). The number of thiophene rings is 1. The van der Waals surface area contributed by atoms with Gasteiger partial charge in [0.25, 0.3) is 0 Å². The summed E-state index contributed by atoms with van der Waals surface area (Å²) in [6.07, 6.45) is 0. The molecular weight excluding hydrogens is 376 g/mol. The Hall–Kier alpha value is -1.64. The van der Waals surface area contributed by atoms with Gasteiger partial charge in [-0.2, -0.15) is 0 Å². The van der Waals surface area contributed by atoms with E-state index < -0.39 is 0 Å². The molecule has 0 aliphatic rings. The average Bonchev–Trinajstić information content (AvgIpc) is 2.83. The molecule has 0 spiro atoms. The van der Waals surface area contributed by atoms with Gasteiger partial charge >= 0.3 is 0 Å². The summed E-state index contributed by atoms with van der Waals surface area (Å²) in [5.41, 5.74) is 6.72. The SMILES string of the molecule is Cc1cc(C)cc(-c2c3ccccc3c(Br)c3sc(C)c(C)c23)c1. The summed E-state index contributed by atoms with van der Waals surface area (Å²) in [5, 5.41) is 4.01. The van der Waals surface area contributed by atoms with Crippen molar-refractivity contribution in [3.63, 3.8) is 0 Å². The second-order valence-electron chi connectivity index (χ2n) is 6.60. The maximum absolute atomic E-state index is 3.88. The quantitative estimate of drug-likeness (QED) is 0.309. The van der Waals surface area contributed by atoms with Crippen LogP contribution in [0, 0.1) is 27.7 Å². The van der Waals surface area contributed by atoms with Crippen molar-refractivity contribution in [1.29, 1.82) is 0 Å². The van der Waals surface area contributed by atoms with E-state index in [4.69, 9.17) is 0 Å². The zero-order valence-electron chi connectivity index (χ0n) is 14.3. The van der Waals surface area contributed by atoms with Gasteiger partial charge in [-0.3, -0.25) is 0 Å². The van der Waals surface area contributed by atoms with Crippen molar-refractivity contribution in [2.45, 2.75) is 27.7 Å². The van der Waals surface area contributed by atoms with Crippen LogP contribution in [0.1, 0.15) is 21.6 Å². The Kier molecular flexibility index (Phi) is 3.78. The predicted molar refractivity (Wildman–Crippen MR) is 111 cm³/mol. The average molecular weight is 395 g/mol. The van der Waals surface area contributed by atoms with Crippen LogP contribution >= 0.6 is 27.3 Å². The molecule has 0 bridgehead atoms. The smallest absolute Gasteiger partial charge is 0.0503 e. The van der Waals surface area contributed by atoms with Crippen LogP contribution in [-0.2, 0) is 0 Å². The first kappa shape index (κ1) is 15.9. The van der Waals surface area contributed by atoms with Crippen molar-refractivity contribution >= 4 is 48.1 Å². The molecule has 0 aliphatic carbocycles. The van der Waals surface area contributed by atoms with Gasteiger partial charge in [0.05, 0.1) is 4.70 Å². The zero-order valence-corrected chi connectivity index (χ0v) is 16.7. The molecule has 0 aliphatic heterocycles. The molecule has 0 atom stereocenters. The molecule has 2 heteroatoms. The van der Waals surface area contributed by atoms with E-state index in [0.29, 0.717) is 0 Å². The number of fused-ring (bicyclic) bond motifs is 2. The lowest BCUT2D eigenvalue weighted by atomic mass is 9.91. The fourth-order valence-electron chi connectivity index (χ4n) is 3.65. The van der Waals surface area contributed by atoms with Gasteiger partial charge in [0.2, 0.25) is 0 Å². The topological polar surface area (TPSA) is 0 Å². The molecule has 0 fully saturated rings. The van der Waals surface area contributed by atoms with Crippen molar-refractivity contribution in [2.24, 2.45) is 0 Å². The first-order valence-corrected chi connectivity index (χ1v) is 9.77.